The molecule has 2 aromatic carbocycles. The second kappa shape index (κ2) is 11.5. The zero-order valence-electron chi connectivity index (χ0n) is 19.3. The molecular formula is C23H25ClFN5O5S. The molecule has 0 bridgehead atoms. The number of amides is 2. The number of nitrogens with one attached hydrogen (secondary N) is 1. The van der Waals surface area contributed by atoms with E-state index in [-0.39, 0.29) is 40.6 Å². The third-order valence-electron chi connectivity index (χ3n) is 5.40. The maximum absolute atomic E-state index is 14.5. The van der Waals surface area contributed by atoms with Gasteiger partial charge in [-0.25, -0.2) is 22.7 Å². The lowest BCUT2D eigenvalue weighted by Crippen LogP contribution is -2.31. The van der Waals surface area contributed by atoms with Crippen LogP contribution in [0.1, 0.15) is 30.1 Å². The van der Waals surface area contributed by atoms with Gasteiger partial charge in [0, 0.05) is 26.0 Å². The quantitative estimate of drug-likeness (QED) is 0.329. The molecule has 36 heavy (non-hydrogen) atoms. The van der Waals surface area contributed by atoms with Crippen LogP contribution in [0.2, 0.25) is 5.02 Å². The van der Waals surface area contributed by atoms with Gasteiger partial charge in [0.25, 0.3) is 5.91 Å². The fraction of sp³-hybridized carbons (Fsp3) is 0.261. The molecule has 13 heteroatoms. The Morgan fingerprint density at radius 3 is 2.78 bits per heavy atom. The van der Waals surface area contributed by atoms with Gasteiger partial charge in [-0.3, -0.25) is 15.1 Å². The first-order valence-electron chi connectivity index (χ1n) is 10.8. The van der Waals surface area contributed by atoms with Gasteiger partial charge in [-0.05, 0) is 42.7 Å². The first-order chi connectivity index (χ1) is 17.0. The smallest absolute Gasteiger partial charge is 0.412 e. The maximum Gasteiger partial charge on any atom is 0.412 e. The Labute approximate surface area is 212 Å². The number of fused-ring (bicyclic) bond motifs is 1. The largest absolute Gasteiger partial charge is 0.441 e. The van der Waals surface area contributed by atoms with Crippen molar-refractivity contribution in [2.24, 2.45) is 15.9 Å². The maximum atomic E-state index is 14.5. The Morgan fingerprint density at radius 2 is 2.08 bits per heavy atom. The van der Waals surface area contributed by atoms with Crippen molar-refractivity contribution in [3.8, 4) is 0 Å². The van der Waals surface area contributed by atoms with Gasteiger partial charge in [-0.1, -0.05) is 23.7 Å². The second-order valence-electron chi connectivity index (χ2n) is 7.99. The number of likely N-dealkylation sites (N-methyl/N-ethyl adjacent to an activating group) is 1. The Morgan fingerprint density at radius 1 is 1.33 bits per heavy atom. The molecule has 1 atom stereocenters. The first-order valence-corrected chi connectivity index (χ1v) is 12.7. The van der Waals surface area contributed by atoms with Gasteiger partial charge in [-0.15, -0.1) is 0 Å². The summed E-state index contributed by atoms with van der Waals surface area (Å²) in [6, 6.07) is 8.85. The van der Waals surface area contributed by atoms with Crippen molar-refractivity contribution in [3.05, 3.63) is 70.1 Å². The van der Waals surface area contributed by atoms with E-state index in [4.69, 9.17) is 27.2 Å². The van der Waals surface area contributed by atoms with Crippen molar-refractivity contribution in [1.29, 1.82) is 0 Å². The van der Waals surface area contributed by atoms with Crippen LogP contribution in [0.25, 0.3) is 0 Å². The van der Waals surface area contributed by atoms with Crippen LogP contribution < -0.4 is 16.2 Å². The average Bonchev–Trinajstić information content (AvgIpc) is 2.83. The van der Waals surface area contributed by atoms with Gasteiger partial charge >= 0.3 is 6.09 Å². The van der Waals surface area contributed by atoms with Crippen molar-refractivity contribution in [1.82, 2.24) is 4.90 Å². The highest BCUT2D eigenvalue weighted by Gasteiger charge is 2.30. The molecule has 1 heterocycles. The molecule has 1 aliphatic heterocycles. The summed E-state index contributed by atoms with van der Waals surface area (Å²) in [7, 11) is -2.28. The molecule has 1 unspecified atom stereocenters. The summed E-state index contributed by atoms with van der Waals surface area (Å²) in [4.78, 5) is 30.1. The molecule has 0 fully saturated rings. The van der Waals surface area contributed by atoms with Crippen LogP contribution in [0.5, 0.6) is 0 Å². The number of sulfonamides is 1. The number of hydrogen-bond donors (Lipinski definition) is 3. The fourth-order valence-electron chi connectivity index (χ4n) is 3.60. The van der Waals surface area contributed by atoms with E-state index in [9.17, 15) is 22.4 Å². The Bertz CT molecular complexity index is 1330. The molecule has 10 nitrogen and oxygen atoms in total. The molecule has 0 radical (unpaired) electrons. The molecular weight excluding hydrogens is 513 g/mol. The molecule has 0 aliphatic carbocycles. The predicted octanol–water partition coefficient (Wildman–Crippen LogP) is 3.08. The second-order valence-corrected chi connectivity index (χ2v) is 9.96. The highest BCUT2D eigenvalue weighted by molar-refractivity contribution is 7.89. The van der Waals surface area contributed by atoms with Crippen molar-refractivity contribution < 1.29 is 27.1 Å². The number of aliphatic imine (C=N–C) groups is 1. The van der Waals surface area contributed by atoms with E-state index in [1.165, 1.54) is 35.4 Å². The van der Waals surface area contributed by atoms with Gasteiger partial charge in [0.05, 0.1) is 33.3 Å². The number of hydrogen-bond acceptors (Lipinski definition) is 7. The number of rotatable bonds is 9. The zero-order chi connectivity index (χ0) is 26.5. The van der Waals surface area contributed by atoms with E-state index in [1.807, 2.05) is 0 Å². The summed E-state index contributed by atoms with van der Waals surface area (Å²) in [5.74, 6) is -1.07. The normalized spacial score (nSPS) is 15.8. The number of nitrogens with two attached hydrogens (primary N) is 2. The van der Waals surface area contributed by atoms with Crippen molar-refractivity contribution in [2.75, 3.05) is 18.9 Å². The lowest BCUT2D eigenvalue weighted by molar-refractivity contribution is -0.125. The van der Waals surface area contributed by atoms with Crippen molar-refractivity contribution in [2.45, 2.75) is 30.4 Å². The van der Waals surface area contributed by atoms with Gasteiger partial charge in [0.2, 0.25) is 10.0 Å². The van der Waals surface area contributed by atoms with E-state index in [0.717, 1.165) is 6.20 Å². The monoisotopic (exact) mass is 537 g/mol. The van der Waals surface area contributed by atoms with Crippen LogP contribution in [0.3, 0.4) is 0 Å². The van der Waals surface area contributed by atoms with E-state index in [2.05, 4.69) is 10.3 Å². The summed E-state index contributed by atoms with van der Waals surface area (Å²) >= 11 is 5.87. The van der Waals surface area contributed by atoms with Crippen LogP contribution in [0.4, 0.5) is 14.9 Å². The van der Waals surface area contributed by atoms with Crippen LogP contribution in [0, 0.1) is 5.82 Å². The number of anilines is 1. The molecule has 0 saturated heterocycles. The van der Waals surface area contributed by atoms with Gasteiger partial charge < -0.3 is 15.4 Å². The lowest BCUT2D eigenvalue weighted by Gasteiger charge is -2.27. The summed E-state index contributed by atoms with van der Waals surface area (Å²) in [6.07, 6.45) is 1.51. The molecule has 0 spiro atoms. The number of carbonyl (C=O) groups is 2. The predicted molar refractivity (Wildman–Crippen MR) is 133 cm³/mol. The SMILES string of the molecule is CN(CCCC1OC(=O)Nc2ccc(Cl)c(F)c21)C(=O)/C(C=NCc1cccc(S(N)(=O)=O)c1)=C/N. The van der Waals surface area contributed by atoms with Crippen molar-refractivity contribution in [3.63, 3.8) is 0 Å². The van der Waals surface area contributed by atoms with Crippen LogP contribution >= 0.6 is 11.6 Å². The van der Waals surface area contributed by atoms with Crippen molar-refractivity contribution >= 4 is 45.5 Å². The standard InChI is InChI=1S/C23H25ClFN5O5S/c1-30(9-3-6-19-20-18(29-23(32)35-19)8-7-17(24)21(20)25)22(31)15(11-26)13-28-12-14-4-2-5-16(10-14)36(27,33)34/h2,4-5,7-8,10-11,13,19H,3,6,9,12,26H2,1H3,(H,29,32)(H2,27,33,34)/b15-11+,28-13?. The molecule has 5 N–H and O–H groups in total. The van der Waals surface area contributed by atoms with Gasteiger partial charge in [0.15, 0.2) is 5.82 Å². The number of halogens is 2. The molecule has 192 valence electrons. The molecule has 2 amide bonds. The summed E-state index contributed by atoms with van der Waals surface area (Å²) in [6.45, 7) is 0.367. The summed E-state index contributed by atoms with van der Waals surface area (Å²) < 4.78 is 42.8. The van der Waals surface area contributed by atoms with Crippen LogP contribution in [-0.2, 0) is 26.1 Å². The highest BCUT2D eigenvalue weighted by Crippen LogP contribution is 2.38. The van der Waals surface area contributed by atoms with E-state index >= 15 is 0 Å². The third kappa shape index (κ3) is 6.59. The molecule has 3 rings (SSSR count). The summed E-state index contributed by atoms with van der Waals surface area (Å²) in [5, 5.41) is 7.49. The van der Waals surface area contributed by atoms with Crippen LogP contribution in [0.15, 0.2) is 58.1 Å². The number of ether oxygens (including phenoxy) is 1. The molecule has 0 saturated carbocycles. The highest BCUT2D eigenvalue weighted by atomic mass is 35.5. The lowest BCUT2D eigenvalue weighted by atomic mass is 10.0. The first kappa shape index (κ1) is 27.1. The molecule has 0 aromatic heterocycles. The van der Waals surface area contributed by atoms with E-state index in [1.54, 1.807) is 19.2 Å². The third-order valence-corrected chi connectivity index (χ3v) is 6.61. The number of nitrogens with zero attached hydrogens (tertiary/aromatic N) is 2. The minimum atomic E-state index is -3.84. The Hall–Kier alpha value is -3.48. The number of benzene rings is 2. The van der Waals surface area contributed by atoms with Gasteiger partial charge in [-0.2, -0.15) is 0 Å². The average molecular weight is 538 g/mol. The molecule has 1 aliphatic rings. The number of carbonyl (C=O) groups excluding carboxylic acids is 2. The topological polar surface area (TPSA) is 157 Å². The number of primary sulfonamides is 1. The van der Waals surface area contributed by atoms with E-state index in [0.29, 0.717) is 17.7 Å². The van der Waals surface area contributed by atoms with Gasteiger partial charge in [0.1, 0.15) is 6.10 Å². The fourth-order valence-corrected chi connectivity index (χ4v) is 4.35. The van der Waals surface area contributed by atoms with E-state index < -0.39 is 33.9 Å². The summed E-state index contributed by atoms with van der Waals surface area (Å²) in [5.41, 5.74) is 6.76. The minimum absolute atomic E-state index is 0.0372. The van der Waals surface area contributed by atoms with Crippen LogP contribution in [-0.4, -0.2) is 45.1 Å². The number of cyclic esters (lactones) is 1. The Kier molecular flexibility index (Phi) is 8.66. The zero-order valence-corrected chi connectivity index (χ0v) is 20.9. The molecule has 2 aromatic rings. The minimum Gasteiger partial charge on any atom is -0.441 e. The Balaban J connectivity index is 1.58.